The summed E-state index contributed by atoms with van der Waals surface area (Å²) in [6.07, 6.45) is -3.82. The van der Waals surface area contributed by atoms with Crippen LogP contribution in [-0.4, -0.2) is 6.54 Å². The molecule has 0 spiro atoms. The molecule has 0 saturated heterocycles. The summed E-state index contributed by atoms with van der Waals surface area (Å²) in [5, 5.41) is 2.99. The molecule has 0 saturated carbocycles. The second-order valence-electron chi connectivity index (χ2n) is 4.48. The molecule has 114 valence electrons. The van der Waals surface area contributed by atoms with Crippen molar-refractivity contribution in [3.8, 4) is 0 Å². The number of nitrogens with one attached hydrogen (secondary N) is 1. The first-order valence-corrected chi connectivity index (χ1v) is 7.35. The molecule has 0 bridgehead atoms. The fraction of sp³-hybridized carbons (Fsp3) is 0.286. The maximum atomic E-state index is 13.2. The summed E-state index contributed by atoms with van der Waals surface area (Å²) in [5.41, 5.74) is -0.698. The molecule has 0 aliphatic heterocycles. The van der Waals surface area contributed by atoms with Gasteiger partial charge in [0.1, 0.15) is 5.82 Å². The Morgan fingerprint density at radius 1 is 1.14 bits per heavy atom. The van der Waals surface area contributed by atoms with Crippen LogP contribution in [0.3, 0.4) is 0 Å². The topological polar surface area (TPSA) is 12.0 Å². The van der Waals surface area contributed by atoms with Crippen LogP contribution in [0.25, 0.3) is 0 Å². The first-order chi connectivity index (χ1) is 9.84. The van der Waals surface area contributed by atoms with Crippen LogP contribution >= 0.6 is 22.9 Å². The monoisotopic (exact) mass is 337 g/mol. The van der Waals surface area contributed by atoms with Crippen molar-refractivity contribution in [1.29, 1.82) is 0 Å². The second-order valence-corrected chi connectivity index (χ2v) is 6.28. The summed E-state index contributed by atoms with van der Waals surface area (Å²) >= 11 is 7.26. The molecule has 1 heterocycles. The van der Waals surface area contributed by atoms with E-state index in [2.05, 4.69) is 5.32 Å². The number of benzene rings is 1. The Kier molecular flexibility index (Phi) is 5.24. The molecule has 0 fully saturated rings. The molecule has 21 heavy (non-hydrogen) atoms. The third-order valence-electron chi connectivity index (χ3n) is 2.79. The number of alkyl halides is 3. The van der Waals surface area contributed by atoms with Gasteiger partial charge in [0.2, 0.25) is 0 Å². The first-order valence-electron chi connectivity index (χ1n) is 6.16. The van der Waals surface area contributed by atoms with Gasteiger partial charge in [-0.05, 0) is 42.3 Å². The Bertz CT molecular complexity index is 609. The lowest BCUT2D eigenvalue weighted by Gasteiger charge is -2.10. The number of halogens is 5. The molecular weight excluding hydrogens is 326 g/mol. The zero-order chi connectivity index (χ0) is 15.5. The average Bonchev–Trinajstić information content (AvgIpc) is 2.79. The van der Waals surface area contributed by atoms with Crippen LogP contribution in [0.4, 0.5) is 17.6 Å². The standard InChI is InChI=1S/C14H12ClF4NS/c15-13-2-1-12(21-13)3-4-20-8-9-5-10(14(17,18)19)7-11(16)6-9/h1-2,5-7,20H,3-4,8H2. The minimum atomic E-state index is -4.54. The zero-order valence-electron chi connectivity index (χ0n) is 10.8. The highest BCUT2D eigenvalue weighted by molar-refractivity contribution is 7.16. The Hall–Kier alpha value is -1.11. The summed E-state index contributed by atoms with van der Waals surface area (Å²) in [4.78, 5) is 1.09. The molecule has 1 aromatic heterocycles. The van der Waals surface area contributed by atoms with Crippen LogP contribution in [0.2, 0.25) is 4.34 Å². The Morgan fingerprint density at radius 3 is 2.52 bits per heavy atom. The summed E-state index contributed by atoms with van der Waals surface area (Å²) in [5.74, 6) is -0.883. The molecule has 0 aliphatic rings. The maximum Gasteiger partial charge on any atom is 0.416 e. The van der Waals surface area contributed by atoms with Crippen molar-refractivity contribution >= 4 is 22.9 Å². The fourth-order valence-electron chi connectivity index (χ4n) is 1.85. The molecule has 1 nitrogen and oxygen atoms in total. The van der Waals surface area contributed by atoms with Crippen molar-refractivity contribution in [2.45, 2.75) is 19.1 Å². The predicted octanol–water partition coefficient (Wildman–Crippen LogP) is 4.89. The largest absolute Gasteiger partial charge is 0.416 e. The molecule has 0 unspecified atom stereocenters. The zero-order valence-corrected chi connectivity index (χ0v) is 12.4. The smallest absolute Gasteiger partial charge is 0.312 e. The lowest BCUT2D eigenvalue weighted by atomic mass is 10.1. The van der Waals surface area contributed by atoms with E-state index in [9.17, 15) is 17.6 Å². The molecule has 1 aromatic carbocycles. The predicted molar refractivity (Wildman–Crippen MR) is 76.1 cm³/mol. The molecule has 0 amide bonds. The van der Waals surface area contributed by atoms with E-state index in [-0.39, 0.29) is 12.1 Å². The Morgan fingerprint density at radius 2 is 1.90 bits per heavy atom. The van der Waals surface area contributed by atoms with Crippen molar-refractivity contribution in [3.63, 3.8) is 0 Å². The molecule has 2 aromatic rings. The molecule has 2 rings (SSSR count). The fourth-order valence-corrected chi connectivity index (χ4v) is 2.93. The van der Waals surface area contributed by atoms with E-state index in [4.69, 9.17) is 11.6 Å². The van der Waals surface area contributed by atoms with Gasteiger partial charge >= 0.3 is 6.18 Å². The summed E-state index contributed by atoms with van der Waals surface area (Å²) in [7, 11) is 0. The SMILES string of the molecule is Fc1cc(CNCCc2ccc(Cl)s2)cc(C(F)(F)F)c1. The lowest BCUT2D eigenvalue weighted by molar-refractivity contribution is -0.137. The highest BCUT2D eigenvalue weighted by Gasteiger charge is 2.31. The van der Waals surface area contributed by atoms with Gasteiger partial charge in [-0.25, -0.2) is 4.39 Å². The van der Waals surface area contributed by atoms with E-state index < -0.39 is 17.6 Å². The number of rotatable bonds is 5. The molecular formula is C14H12ClF4NS. The summed E-state index contributed by atoms with van der Waals surface area (Å²) in [6, 6.07) is 6.25. The molecule has 7 heteroatoms. The van der Waals surface area contributed by atoms with E-state index in [1.807, 2.05) is 6.07 Å². The van der Waals surface area contributed by atoms with Gasteiger partial charge < -0.3 is 5.32 Å². The molecule has 0 aliphatic carbocycles. The highest BCUT2D eigenvalue weighted by atomic mass is 35.5. The van der Waals surface area contributed by atoms with Crippen LogP contribution in [0.1, 0.15) is 16.0 Å². The van der Waals surface area contributed by atoms with Crippen molar-refractivity contribution in [3.05, 3.63) is 56.5 Å². The van der Waals surface area contributed by atoms with E-state index in [1.165, 1.54) is 11.3 Å². The van der Waals surface area contributed by atoms with Crippen molar-refractivity contribution in [1.82, 2.24) is 5.32 Å². The molecule has 1 N–H and O–H groups in total. The third kappa shape index (κ3) is 4.98. The van der Waals surface area contributed by atoms with Crippen LogP contribution in [-0.2, 0) is 19.1 Å². The van der Waals surface area contributed by atoms with Gasteiger partial charge in [0, 0.05) is 18.0 Å². The number of thiophene rings is 1. The first kappa shape index (κ1) is 16.3. The van der Waals surface area contributed by atoms with Crippen molar-refractivity contribution in [2.24, 2.45) is 0 Å². The summed E-state index contributed by atoms with van der Waals surface area (Å²) < 4.78 is 51.6. The van der Waals surface area contributed by atoms with Crippen molar-refractivity contribution < 1.29 is 17.6 Å². The van der Waals surface area contributed by atoms with Crippen LogP contribution < -0.4 is 5.32 Å². The van der Waals surface area contributed by atoms with E-state index in [1.54, 1.807) is 6.07 Å². The van der Waals surface area contributed by atoms with E-state index >= 15 is 0 Å². The second kappa shape index (κ2) is 6.77. The Labute approximate surface area is 128 Å². The van der Waals surface area contributed by atoms with E-state index in [0.29, 0.717) is 16.9 Å². The third-order valence-corrected chi connectivity index (χ3v) is 4.08. The minimum absolute atomic E-state index is 0.181. The van der Waals surface area contributed by atoms with Gasteiger partial charge in [-0.15, -0.1) is 11.3 Å². The molecule has 0 atom stereocenters. The van der Waals surface area contributed by atoms with Gasteiger partial charge in [0.15, 0.2) is 0 Å². The van der Waals surface area contributed by atoms with Crippen LogP contribution in [0, 0.1) is 5.82 Å². The van der Waals surface area contributed by atoms with Gasteiger partial charge in [-0.2, -0.15) is 13.2 Å². The van der Waals surface area contributed by atoms with Gasteiger partial charge in [-0.3, -0.25) is 0 Å². The van der Waals surface area contributed by atoms with Crippen molar-refractivity contribution in [2.75, 3.05) is 6.54 Å². The maximum absolute atomic E-state index is 13.2. The lowest BCUT2D eigenvalue weighted by Crippen LogP contribution is -2.17. The van der Waals surface area contributed by atoms with Gasteiger partial charge in [-0.1, -0.05) is 11.6 Å². The van der Waals surface area contributed by atoms with Crippen LogP contribution in [0.5, 0.6) is 0 Å². The Balaban J connectivity index is 1.89. The van der Waals surface area contributed by atoms with Gasteiger partial charge in [0.25, 0.3) is 0 Å². The quantitative estimate of drug-likeness (QED) is 0.605. The van der Waals surface area contributed by atoms with E-state index in [0.717, 1.165) is 23.4 Å². The number of hydrogen-bond acceptors (Lipinski definition) is 2. The normalized spacial score (nSPS) is 11.9. The van der Waals surface area contributed by atoms with Crippen LogP contribution in [0.15, 0.2) is 30.3 Å². The summed E-state index contributed by atoms with van der Waals surface area (Å²) in [6.45, 7) is 0.759. The minimum Gasteiger partial charge on any atom is -0.312 e. The highest BCUT2D eigenvalue weighted by Crippen LogP contribution is 2.30. The number of hydrogen-bond donors (Lipinski definition) is 1. The van der Waals surface area contributed by atoms with Gasteiger partial charge in [0.05, 0.1) is 9.90 Å². The molecule has 0 radical (unpaired) electrons. The average molecular weight is 338 g/mol.